The van der Waals surface area contributed by atoms with E-state index in [0.29, 0.717) is 6.54 Å². The lowest BCUT2D eigenvalue weighted by Gasteiger charge is -2.14. The third kappa shape index (κ3) is 5.30. The summed E-state index contributed by atoms with van der Waals surface area (Å²) in [4.78, 5) is 13.3. The van der Waals surface area contributed by atoms with Gasteiger partial charge in [0.15, 0.2) is 0 Å². The molecule has 0 unspecified atom stereocenters. The van der Waals surface area contributed by atoms with Crippen molar-refractivity contribution in [3.63, 3.8) is 0 Å². The summed E-state index contributed by atoms with van der Waals surface area (Å²) in [7, 11) is 3.65. The minimum atomic E-state index is -4.40. The zero-order chi connectivity index (χ0) is 14.5. The highest BCUT2D eigenvalue weighted by Crippen LogP contribution is 2.31. The van der Waals surface area contributed by atoms with E-state index in [4.69, 9.17) is 0 Å². The predicted octanol–water partition coefficient (Wildman–Crippen LogP) is 2.27. The van der Waals surface area contributed by atoms with Gasteiger partial charge in [-0.1, -0.05) is 18.2 Å². The topological polar surface area (TPSA) is 32.3 Å². The Morgan fingerprint density at radius 3 is 2.47 bits per heavy atom. The van der Waals surface area contributed by atoms with Crippen molar-refractivity contribution in [2.45, 2.75) is 19.1 Å². The number of hydrogen-bond acceptors (Lipinski definition) is 2. The molecule has 0 bridgehead atoms. The highest BCUT2D eigenvalue weighted by atomic mass is 19.4. The molecule has 0 aliphatic carbocycles. The van der Waals surface area contributed by atoms with Gasteiger partial charge in [-0.15, -0.1) is 0 Å². The van der Waals surface area contributed by atoms with Gasteiger partial charge in [-0.2, -0.15) is 13.2 Å². The summed E-state index contributed by atoms with van der Waals surface area (Å²) in [5.74, 6) is -0.259. The molecule has 0 aliphatic heterocycles. The number of hydrogen-bond donors (Lipinski definition) is 1. The van der Waals surface area contributed by atoms with Crippen LogP contribution in [0, 0.1) is 0 Å². The van der Waals surface area contributed by atoms with E-state index in [9.17, 15) is 18.0 Å². The van der Waals surface area contributed by atoms with Gasteiger partial charge < -0.3 is 10.2 Å². The molecule has 0 heterocycles. The van der Waals surface area contributed by atoms with Gasteiger partial charge in [0.25, 0.3) is 0 Å². The molecule has 1 aromatic rings. The van der Waals surface area contributed by atoms with Gasteiger partial charge in [0, 0.05) is 19.5 Å². The first-order chi connectivity index (χ1) is 8.80. The van der Waals surface area contributed by atoms with Gasteiger partial charge >= 0.3 is 6.18 Å². The molecule has 0 aliphatic rings. The van der Waals surface area contributed by atoms with Crippen molar-refractivity contribution >= 4 is 5.91 Å². The van der Waals surface area contributed by atoms with Crippen LogP contribution in [0.5, 0.6) is 0 Å². The minimum Gasteiger partial charge on any atom is -0.352 e. The Labute approximate surface area is 110 Å². The van der Waals surface area contributed by atoms with E-state index in [1.54, 1.807) is 0 Å². The third-order valence-corrected chi connectivity index (χ3v) is 2.58. The lowest BCUT2D eigenvalue weighted by molar-refractivity contribution is -0.138. The second-order valence-corrected chi connectivity index (χ2v) is 4.48. The van der Waals surface area contributed by atoms with Gasteiger partial charge in [0.05, 0.1) is 5.56 Å². The van der Waals surface area contributed by atoms with Crippen molar-refractivity contribution in [1.82, 2.24) is 10.2 Å². The first kappa shape index (κ1) is 15.5. The standard InChI is InChI=1S/C13H17F3N2O/c1-18(2)8-7-12(19)17-9-10-5-3-4-6-11(10)13(14,15)16/h3-6H,7-9H2,1-2H3,(H,17,19). The molecule has 1 amide bonds. The Balaban J connectivity index is 2.61. The lowest BCUT2D eigenvalue weighted by Crippen LogP contribution is -2.27. The molecule has 0 radical (unpaired) electrons. The lowest BCUT2D eigenvalue weighted by atomic mass is 10.1. The fraction of sp³-hybridized carbons (Fsp3) is 0.462. The van der Waals surface area contributed by atoms with Crippen molar-refractivity contribution in [3.05, 3.63) is 35.4 Å². The van der Waals surface area contributed by atoms with E-state index in [-0.39, 0.29) is 24.4 Å². The summed E-state index contributed by atoms with van der Waals surface area (Å²) in [6, 6.07) is 5.24. The van der Waals surface area contributed by atoms with Crippen molar-refractivity contribution in [1.29, 1.82) is 0 Å². The molecule has 6 heteroatoms. The van der Waals surface area contributed by atoms with Crippen LogP contribution in [0.4, 0.5) is 13.2 Å². The minimum absolute atomic E-state index is 0.0770. The molecule has 106 valence electrons. The summed E-state index contributed by atoms with van der Waals surface area (Å²) in [6.45, 7) is 0.453. The van der Waals surface area contributed by atoms with E-state index in [1.807, 2.05) is 19.0 Å². The van der Waals surface area contributed by atoms with E-state index in [1.165, 1.54) is 18.2 Å². The van der Waals surface area contributed by atoms with Crippen LogP contribution in [0.25, 0.3) is 0 Å². The van der Waals surface area contributed by atoms with Crippen LogP contribution in [-0.2, 0) is 17.5 Å². The fourth-order valence-corrected chi connectivity index (χ4v) is 1.56. The van der Waals surface area contributed by atoms with Crippen LogP contribution in [0.1, 0.15) is 17.5 Å². The molecule has 0 fully saturated rings. The average Bonchev–Trinajstić information content (AvgIpc) is 2.33. The molecule has 1 rings (SSSR count). The average molecular weight is 274 g/mol. The van der Waals surface area contributed by atoms with E-state index >= 15 is 0 Å². The first-order valence-electron chi connectivity index (χ1n) is 5.87. The maximum absolute atomic E-state index is 12.7. The molecule has 0 spiro atoms. The molecular formula is C13H17F3N2O. The quantitative estimate of drug-likeness (QED) is 0.893. The summed E-state index contributed by atoms with van der Waals surface area (Å²) in [5, 5.41) is 2.50. The summed E-state index contributed by atoms with van der Waals surface area (Å²) in [6.07, 6.45) is -4.13. The summed E-state index contributed by atoms with van der Waals surface area (Å²) < 4.78 is 38.1. The Morgan fingerprint density at radius 1 is 1.26 bits per heavy atom. The number of amides is 1. The smallest absolute Gasteiger partial charge is 0.352 e. The number of nitrogens with one attached hydrogen (secondary N) is 1. The number of halogens is 3. The number of carbonyl (C=O) groups is 1. The van der Waals surface area contributed by atoms with E-state index in [2.05, 4.69) is 5.32 Å². The van der Waals surface area contributed by atoms with Gasteiger partial charge in [-0.05, 0) is 25.7 Å². The highest BCUT2D eigenvalue weighted by Gasteiger charge is 2.32. The molecule has 0 saturated heterocycles. The molecule has 0 aromatic heterocycles. The molecule has 19 heavy (non-hydrogen) atoms. The first-order valence-corrected chi connectivity index (χ1v) is 5.87. The monoisotopic (exact) mass is 274 g/mol. The second-order valence-electron chi connectivity index (χ2n) is 4.48. The predicted molar refractivity (Wildman–Crippen MR) is 66.5 cm³/mol. The maximum Gasteiger partial charge on any atom is 0.416 e. The van der Waals surface area contributed by atoms with Crippen LogP contribution in [0.3, 0.4) is 0 Å². The van der Waals surface area contributed by atoms with Crippen LogP contribution < -0.4 is 5.32 Å². The summed E-state index contributed by atoms with van der Waals surface area (Å²) >= 11 is 0. The zero-order valence-electron chi connectivity index (χ0n) is 10.9. The third-order valence-electron chi connectivity index (χ3n) is 2.58. The van der Waals surface area contributed by atoms with Crippen molar-refractivity contribution in [2.24, 2.45) is 0 Å². The molecule has 1 aromatic carbocycles. The van der Waals surface area contributed by atoms with Crippen molar-refractivity contribution < 1.29 is 18.0 Å². The molecule has 0 atom stereocenters. The van der Waals surface area contributed by atoms with Crippen LogP contribution in [0.2, 0.25) is 0 Å². The SMILES string of the molecule is CN(C)CCC(=O)NCc1ccccc1C(F)(F)F. The van der Waals surface area contributed by atoms with Crippen molar-refractivity contribution in [3.8, 4) is 0 Å². The number of alkyl halides is 3. The van der Waals surface area contributed by atoms with Gasteiger partial charge in [-0.25, -0.2) is 0 Å². The largest absolute Gasteiger partial charge is 0.416 e. The Hall–Kier alpha value is -1.56. The number of rotatable bonds is 5. The van der Waals surface area contributed by atoms with Crippen LogP contribution in [0.15, 0.2) is 24.3 Å². The highest BCUT2D eigenvalue weighted by molar-refractivity contribution is 5.76. The van der Waals surface area contributed by atoms with E-state index in [0.717, 1.165) is 6.07 Å². The zero-order valence-corrected chi connectivity index (χ0v) is 10.9. The Morgan fingerprint density at radius 2 is 1.89 bits per heavy atom. The van der Waals surface area contributed by atoms with Gasteiger partial charge in [-0.3, -0.25) is 4.79 Å². The van der Waals surface area contributed by atoms with Gasteiger partial charge in [0.1, 0.15) is 0 Å². The molecular weight excluding hydrogens is 257 g/mol. The molecule has 1 N–H and O–H groups in total. The van der Waals surface area contributed by atoms with Crippen LogP contribution in [-0.4, -0.2) is 31.4 Å². The van der Waals surface area contributed by atoms with Crippen LogP contribution >= 0.6 is 0 Å². The Kier molecular flexibility index (Phi) is 5.35. The maximum atomic E-state index is 12.7. The normalized spacial score (nSPS) is 11.7. The number of benzene rings is 1. The van der Waals surface area contributed by atoms with Gasteiger partial charge in [0.2, 0.25) is 5.91 Å². The molecule has 0 saturated carbocycles. The Bertz CT molecular complexity index is 430. The number of nitrogens with zero attached hydrogens (tertiary/aromatic N) is 1. The summed E-state index contributed by atoms with van der Waals surface area (Å²) in [5.41, 5.74) is -0.629. The molecule has 3 nitrogen and oxygen atoms in total. The van der Waals surface area contributed by atoms with Crippen molar-refractivity contribution in [2.75, 3.05) is 20.6 Å². The van der Waals surface area contributed by atoms with E-state index < -0.39 is 11.7 Å². The number of carbonyl (C=O) groups excluding carboxylic acids is 1. The fourth-order valence-electron chi connectivity index (χ4n) is 1.56. The second kappa shape index (κ2) is 6.56.